The number of hydrogen-bond donors (Lipinski definition) is 3. The molecule has 3 N–H and O–H groups in total. The van der Waals surface area contributed by atoms with Gasteiger partial charge < -0.3 is 25.4 Å². The van der Waals surface area contributed by atoms with E-state index in [0.717, 1.165) is 16.7 Å². The van der Waals surface area contributed by atoms with Crippen LogP contribution in [0.4, 0.5) is 0 Å². The van der Waals surface area contributed by atoms with Crippen LogP contribution in [0.15, 0.2) is 91.0 Å². The summed E-state index contributed by atoms with van der Waals surface area (Å²) in [7, 11) is 0. The maximum atomic E-state index is 13.9. The van der Waals surface area contributed by atoms with Crippen LogP contribution in [-0.2, 0) is 48.1 Å². The van der Waals surface area contributed by atoms with E-state index >= 15 is 0 Å². The van der Waals surface area contributed by atoms with Gasteiger partial charge in [0.05, 0.1) is 19.8 Å². The van der Waals surface area contributed by atoms with Crippen LogP contribution in [0.25, 0.3) is 0 Å². The van der Waals surface area contributed by atoms with Crippen LogP contribution in [0.1, 0.15) is 49.8 Å². The van der Waals surface area contributed by atoms with Crippen molar-refractivity contribution in [2.24, 2.45) is 5.92 Å². The molecule has 0 spiro atoms. The molecular weight excluding hydrogens is 620 g/mol. The second kappa shape index (κ2) is 20.1. The van der Waals surface area contributed by atoms with E-state index in [9.17, 15) is 19.2 Å². The summed E-state index contributed by atoms with van der Waals surface area (Å²) in [4.78, 5) is 56.3. The molecular formula is C39H50N4O6. The Kier molecular flexibility index (Phi) is 15.3. The highest BCUT2D eigenvalue weighted by molar-refractivity contribution is 5.93. The number of nitrogens with zero attached hydrogens (tertiary/aromatic N) is 1. The lowest BCUT2D eigenvalue weighted by molar-refractivity contribution is -0.149. The number of morpholine rings is 1. The third kappa shape index (κ3) is 13.5. The molecule has 10 heteroatoms. The molecule has 1 aliphatic heterocycles. The number of carbonyl (C=O) groups is 4. The van der Waals surface area contributed by atoms with Crippen LogP contribution in [0, 0.1) is 5.92 Å². The molecule has 0 aliphatic carbocycles. The van der Waals surface area contributed by atoms with Gasteiger partial charge in [-0.25, -0.2) is 4.79 Å². The zero-order valence-electron chi connectivity index (χ0n) is 28.6. The number of esters is 1. The molecule has 1 fully saturated rings. The highest BCUT2D eigenvalue weighted by Gasteiger charge is 2.31. The van der Waals surface area contributed by atoms with E-state index in [1.165, 1.54) is 0 Å². The van der Waals surface area contributed by atoms with Gasteiger partial charge in [-0.1, -0.05) is 105 Å². The summed E-state index contributed by atoms with van der Waals surface area (Å²) in [5.41, 5.74) is 2.73. The second-order valence-electron chi connectivity index (χ2n) is 12.9. The van der Waals surface area contributed by atoms with Crippen LogP contribution in [0.5, 0.6) is 0 Å². The van der Waals surface area contributed by atoms with Crippen LogP contribution in [-0.4, -0.2) is 79.6 Å². The van der Waals surface area contributed by atoms with Crippen LogP contribution < -0.4 is 16.0 Å². The highest BCUT2D eigenvalue weighted by Crippen LogP contribution is 2.12. The molecule has 10 nitrogen and oxygen atoms in total. The standard InChI is InChI=1S/C39H50N4O6/c1-29(2)18-20-34(38(46)42-35(26-31-14-8-4-9-15-31)39(47)49-28-32-16-10-5-11-17-32)41-37(45)33(21-19-30-12-6-3-7-13-30)40-36(44)27-43-22-24-48-25-23-43/h3-17,29,33-35H,18-28H2,1-2H3,(H,40,44)(H,41,45)(H,42,46)/t33-,34-,35-/m0/s1. The molecule has 0 unspecified atom stereocenters. The van der Waals surface area contributed by atoms with Crippen molar-refractivity contribution < 1.29 is 28.7 Å². The van der Waals surface area contributed by atoms with Gasteiger partial charge in [-0.05, 0) is 48.3 Å². The first-order valence-corrected chi connectivity index (χ1v) is 17.3. The molecule has 0 radical (unpaired) electrons. The number of carbonyl (C=O) groups excluding carboxylic acids is 4. The number of rotatable bonds is 18. The van der Waals surface area contributed by atoms with E-state index in [4.69, 9.17) is 9.47 Å². The van der Waals surface area contributed by atoms with Gasteiger partial charge in [-0.3, -0.25) is 19.3 Å². The van der Waals surface area contributed by atoms with E-state index in [0.29, 0.717) is 52.0 Å². The summed E-state index contributed by atoms with van der Waals surface area (Å²) in [6.07, 6.45) is 2.16. The minimum atomic E-state index is -0.973. The lowest BCUT2D eigenvalue weighted by Gasteiger charge is -2.28. The van der Waals surface area contributed by atoms with Crippen LogP contribution in [0.2, 0.25) is 0 Å². The van der Waals surface area contributed by atoms with Crippen molar-refractivity contribution in [1.29, 1.82) is 0 Å². The first-order valence-electron chi connectivity index (χ1n) is 17.3. The average Bonchev–Trinajstić information content (AvgIpc) is 3.12. The topological polar surface area (TPSA) is 126 Å². The van der Waals surface area contributed by atoms with Crippen molar-refractivity contribution in [3.63, 3.8) is 0 Å². The maximum Gasteiger partial charge on any atom is 0.329 e. The number of amides is 3. The fourth-order valence-electron chi connectivity index (χ4n) is 5.61. The third-order valence-electron chi connectivity index (χ3n) is 8.46. The summed E-state index contributed by atoms with van der Waals surface area (Å²) in [6, 6.07) is 25.8. The first-order chi connectivity index (χ1) is 23.8. The molecule has 49 heavy (non-hydrogen) atoms. The van der Waals surface area contributed by atoms with Crippen LogP contribution in [0.3, 0.4) is 0 Å². The quantitative estimate of drug-likeness (QED) is 0.176. The first kappa shape index (κ1) is 37.3. The Balaban J connectivity index is 1.48. The van der Waals surface area contributed by atoms with Crippen molar-refractivity contribution >= 4 is 23.7 Å². The molecule has 1 saturated heterocycles. The largest absolute Gasteiger partial charge is 0.459 e. The predicted molar refractivity (Wildman–Crippen MR) is 188 cm³/mol. The van der Waals surface area contributed by atoms with Gasteiger partial charge in [0.1, 0.15) is 24.7 Å². The molecule has 3 atom stereocenters. The van der Waals surface area contributed by atoms with Gasteiger partial charge in [-0.15, -0.1) is 0 Å². The lowest BCUT2D eigenvalue weighted by atomic mass is 10.00. The molecule has 3 amide bonds. The number of hydrogen-bond acceptors (Lipinski definition) is 7. The lowest BCUT2D eigenvalue weighted by Crippen LogP contribution is -2.57. The fraction of sp³-hybridized carbons (Fsp3) is 0.436. The Morgan fingerprint density at radius 2 is 1.20 bits per heavy atom. The number of benzene rings is 3. The Morgan fingerprint density at radius 1 is 0.673 bits per heavy atom. The highest BCUT2D eigenvalue weighted by atomic mass is 16.5. The summed E-state index contributed by atoms with van der Waals surface area (Å²) in [5.74, 6) is -1.48. The van der Waals surface area contributed by atoms with E-state index in [1.54, 1.807) is 0 Å². The molecule has 3 aromatic rings. The zero-order valence-corrected chi connectivity index (χ0v) is 28.6. The van der Waals surface area contributed by atoms with Gasteiger partial charge in [0.25, 0.3) is 0 Å². The van der Waals surface area contributed by atoms with Gasteiger partial charge in [-0.2, -0.15) is 0 Å². The van der Waals surface area contributed by atoms with Crippen molar-refractivity contribution in [2.75, 3.05) is 32.8 Å². The van der Waals surface area contributed by atoms with E-state index < -0.39 is 35.9 Å². The molecule has 0 aromatic heterocycles. The smallest absolute Gasteiger partial charge is 0.329 e. The Labute approximate surface area is 289 Å². The average molecular weight is 671 g/mol. The van der Waals surface area contributed by atoms with E-state index in [2.05, 4.69) is 16.0 Å². The molecule has 0 saturated carbocycles. The van der Waals surface area contributed by atoms with Crippen molar-refractivity contribution in [2.45, 2.75) is 70.7 Å². The van der Waals surface area contributed by atoms with E-state index in [1.807, 2.05) is 110 Å². The minimum Gasteiger partial charge on any atom is -0.459 e. The molecule has 4 rings (SSSR count). The van der Waals surface area contributed by atoms with Gasteiger partial charge in [0.2, 0.25) is 17.7 Å². The third-order valence-corrected chi connectivity index (χ3v) is 8.46. The summed E-state index contributed by atoms with van der Waals surface area (Å²) < 4.78 is 11.0. The molecule has 262 valence electrons. The predicted octanol–water partition coefficient (Wildman–Crippen LogP) is 3.83. The van der Waals surface area contributed by atoms with Crippen LogP contribution >= 0.6 is 0 Å². The molecule has 1 aliphatic rings. The maximum absolute atomic E-state index is 13.9. The van der Waals surface area contributed by atoms with Gasteiger partial charge in [0, 0.05) is 19.5 Å². The SMILES string of the molecule is CC(C)CC[C@H](NC(=O)[C@H](CCc1ccccc1)NC(=O)CN1CCOCC1)C(=O)N[C@@H](Cc1ccccc1)C(=O)OCc1ccccc1. The van der Waals surface area contributed by atoms with Crippen molar-refractivity contribution in [3.05, 3.63) is 108 Å². The Bertz CT molecular complexity index is 1450. The normalized spacial score (nSPS) is 15.1. The van der Waals surface area contributed by atoms with Gasteiger partial charge >= 0.3 is 5.97 Å². The monoisotopic (exact) mass is 670 g/mol. The zero-order chi connectivity index (χ0) is 34.8. The van der Waals surface area contributed by atoms with E-state index in [-0.39, 0.29) is 31.4 Å². The second-order valence-corrected chi connectivity index (χ2v) is 12.9. The fourth-order valence-corrected chi connectivity index (χ4v) is 5.61. The molecule has 0 bridgehead atoms. The molecule has 1 heterocycles. The Hall–Kier alpha value is -4.54. The summed E-state index contributed by atoms with van der Waals surface area (Å²) >= 11 is 0. The van der Waals surface area contributed by atoms with Crippen molar-refractivity contribution in [3.8, 4) is 0 Å². The van der Waals surface area contributed by atoms with Gasteiger partial charge in [0.15, 0.2) is 0 Å². The minimum absolute atomic E-state index is 0.0710. The number of ether oxygens (including phenoxy) is 2. The summed E-state index contributed by atoms with van der Waals surface area (Å²) in [5, 5.41) is 8.75. The Morgan fingerprint density at radius 3 is 1.80 bits per heavy atom. The molecule has 3 aromatic carbocycles. The number of nitrogens with one attached hydrogen (secondary N) is 3. The number of aryl methyl sites for hydroxylation is 1. The van der Waals surface area contributed by atoms with Crippen molar-refractivity contribution in [1.82, 2.24) is 20.9 Å². The summed E-state index contributed by atoms with van der Waals surface area (Å²) in [6.45, 7) is 6.72.